The topological polar surface area (TPSA) is 90.9 Å². The zero-order valence-electron chi connectivity index (χ0n) is 11.7. The lowest BCUT2D eigenvalue weighted by Gasteiger charge is -2.11. The van der Waals surface area contributed by atoms with E-state index in [4.69, 9.17) is 5.14 Å². The summed E-state index contributed by atoms with van der Waals surface area (Å²) in [5.41, 5.74) is 3.56. The van der Waals surface area contributed by atoms with Gasteiger partial charge in [-0.25, -0.2) is 18.2 Å². The van der Waals surface area contributed by atoms with E-state index < -0.39 is 10.0 Å². The molecule has 108 valence electrons. The minimum Gasteiger partial charge on any atom is -0.247 e. The Kier molecular flexibility index (Phi) is 3.92. The number of aromatic nitrogens is 3. The molecule has 2 aromatic rings. The zero-order chi connectivity index (χ0) is 14.9. The summed E-state index contributed by atoms with van der Waals surface area (Å²) in [7, 11) is -3.79. The minimum absolute atomic E-state index is 0.215. The van der Waals surface area contributed by atoms with E-state index in [9.17, 15) is 8.42 Å². The van der Waals surface area contributed by atoms with Crippen molar-refractivity contribution in [3.8, 4) is 0 Å². The first-order chi connectivity index (χ1) is 9.27. The van der Waals surface area contributed by atoms with Crippen molar-refractivity contribution in [2.45, 2.75) is 38.3 Å². The molecule has 0 unspecified atom stereocenters. The fourth-order valence-corrected chi connectivity index (χ4v) is 2.58. The molecule has 0 amide bonds. The van der Waals surface area contributed by atoms with Gasteiger partial charge < -0.3 is 0 Å². The summed E-state index contributed by atoms with van der Waals surface area (Å²) >= 11 is 0. The monoisotopic (exact) mass is 294 g/mol. The van der Waals surface area contributed by atoms with E-state index in [-0.39, 0.29) is 5.03 Å². The maximum Gasteiger partial charge on any atom is 0.259 e. The van der Waals surface area contributed by atoms with Crippen molar-refractivity contribution in [2.75, 3.05) is 0 Å². The molecule has 0 aliphatic carbocycles. The Balaban J connectivity index is 2.23. The van der Waals surface area contributed by atoms with Crippen molar-refractivity contribution < 1.29 is 8.42 Å². The third-order valence-electron chi connectivity index (χ3n) is 3.11. The first-order valence-electron chi connectivity index (χ1n) is 6.29. The minimum atomic E-state index is -3.79. The first kappa shape index (κ1) is 14.7. The lowest BCUT2D eigenvalue weighted by atomic mass is 9.96. The summed E-state index contributed by atoms with van der Waals surface area (Å²) in [6, 6.07) is 6.18. The van der Waals surface area contributed by atoms with E-state index in [0.717, 1.165) is 5.56 Å². The van der Waals surface area contributed by atoms with Crippen LogP contribution in [-0.2, 0) is 16.6 Å². The van der Waals surface area contributed by atoms with Gasteiger partial charge in [-0.1, -0.05) is 37.3 Å². The maximum absolute atomic E-state index is 11.1. The smallest absolute Gasteiger partial charge is 0.247 e. The molecule has 1 heterocycles. The molecule has 2 rings (SSSR count). The van der Waals surface area contributed by atoms with Crippen molar-refractivity contribution >= 4 is 10.0 Å². The lowest BCUT2D eigenvalue weighted by Crippen LogP contribution is -2.12. The lowest BCUT2D eigenvalue weighted by molar-refractivity contribution is 0.593. The van der Waals surface area contributed by atoms with Crippen molar-refractivity contribution in [3.63, 3.8) is 0 Å². The van der Waals surface area contributed by atoms with Crippen LogP contribution in [0.4, 0.5) is 0 Å². The van der Waals surface area contributed by atoms with Gasteiger partial charge in [-0.05, 0) is 29.5 Å². The maximum atomic E-state index is 11.1. The van der Waals surface area contributed by atoms with Crippen molar-refractivity contribution in [1.82, 2.24) is 15.0 Å². The van der Waals surface area contributed by atoms with Gasteiger partial charge >= 0.3 is 0 Å². The number of nitrogens with two attached hydrogens (primary N) is 1. The van der Waals surface area contributed by atoms with Crippen molar-refractivity contribution in [1.29, 1.82) is 0 Å². The number of nitrogens with zero attached hydrogens (tertiary/aromatic N) is 3. The van der Waals surface area contributed by atoms with Gasteiger partial charge in [0.05, 0.1) is 12.7 Å². The average molecular weight is 294 g/mol. The van der Waals surface area contributed by atoms with Crippen LogP contribution in [0.5, 0.6) is 0 Å². The van der Waals surface area contributed by atoms with E-state index in [2.05, 4.69) is 43.2 Å². The van der Waals surface area contributed by atoms with Gasteiger partial charge in [-0.15, -0.1) is 5.10 Å². The Labute approximate surface area is 118 Å². The molecule has 0 atom stereocenters. The van der Waals surface area contributed by atoms with Crippen molar-refractivity contribution in [2.24, 2.45) is 5.14 Å². The summed E-state index contributed by atoms with van der Waals surface area (Å²) in [5, 5.41) is 12.1. The van der Waals surface area contributed by atoms with Crippen LogP contribution in [0.15, 0.2) is 29.4 Å². The Morgan fingerprint density at radius 2 is 2.05 bits per heavy atom. The molecule has 7 heteroatoms. The highest BCUT2D eigenvalue weighted by atomic mass is 32.2. The third kappa shape index (κ3) is 3.23. The van der Waals surface area contributed by atoms with E-state index >= 15 is 0 Å². The van der Waals surface area contributed by atoms with E-state index in [0.29, 0.717) is 12.5 Å². The Morgan fingerprint density at radius 1 is 1.35 bits per heavy atom. The number of aryl methyl sites for hydroxylation is 1. The molecule has 1 aromatic heterocycles. The van der Waals surface area contributed by atoms with Gasteiger partial charge in [0, 0.05) is 0 Å². The predicted octanol–water partition coefficient (Wildman–Crippen LogP) is 1.41. The second kappa shape index (κ2) is 5.34. The number of rotatable bonds is 4. The number of sulfonamides is 1. The van der Waals surface area contributed by atoms with Crippen LogP contribution in [0.25, 0.3) is 0 Å². The van der Waals surface area contributed by atoms with Crippen molar-refractivity contribution in [3.05, 3.63) is 41.1 Å². The molecule has 0 saturated carbocycles. The summed E-state index contributed by atoms with van der Waals surface area (Å²) < 4.78 is 23.7. The Hall–Kier alpha value is -1.73. The summed E-state index contributed by atoms with van der Waals surface area (Å²) in [6.07, 6.45) is 1.33. The second-order valence-corrected chi connectivity index (χ2v) is 6.65. The highest BCUT2D eigenvalue weighted by Gasteiger charge is 2.13. The SMILES string of the molecule is Cc1cc(Cn2cc(S(N)(=O)=O)nn2)ccc1C(C)C. The van der Waals surface area contributed by atoms with E-state index in [1.54, 1.807) is 0 Å². The molecule has 0 radical (unpaired) electrons. The average Bonchev–Trinajstić information content (AvgIpc) is 2.76. The number of hydrogen-bond acceptors (Lipinski definition) is 4. The first-order valence-corrected chi connectivity index (χ1v) is 7.84. The number of hydrogen-bond donors (Lipinski definition) is 1. The van der Waals surface area contributed by atoms with Crippen LogP contribution in [0.1, 0.15) is 36.5 Å². The largest absolute Gasteiger partial charge is 0.259 e. The van der Waals surface area contributed by atoms with Gasteiger partial charge in [0.15, 0.2) is 0 Å². The van der Waals surface area contributed by atoms with Crippen LogP contribution in [0, 0.1) is 6.92 Å². The van der Waals surface area contributed by atoms with Crippen LogP contribution in [-0.4, -0.2) is 23.4 Å². The van der Waals surface area contributed by atoms with Crippen LogP contribution in [0.3, 0.4) is 0 Å². The highest BCUT2D eigenvalue weighted by molar-refractivity contribution is 7.89. The molecule has 0 bridgehead atoms. The van der Waals surface area contributed by atoms with Gasteiger partial charge in [0.1, 0.15) is 0 Å². The van der Waals surface area contributed by atoms with E-state index in [1.165, 1.54) is 22.0 Å². The summed E-state index contributed by atoms with van der Waals surface area (Å²) in [5.74, 6) is 0.476. The van der Waals surface area contributed by atoms with Gasteiger partial charge in [0.2, 0.25) is 5.03 Å². The molecule has 0 spiro atoms. The quantitative estimate of drug-likeness (QED) is 0.923. The molecule has 20 heavy (non-hydrogen) atoms. The molecule has 1 aromatic carbocycles. The fraction of sp³-hybridized carbons (Fsp3) is 0.385. The third-order valence-corrected chi connectivity index (χ3v) is 3.88. The second-order valence-electron chi connectivity index (χ2n) is 5.15. The molecule has 2 N–H and O–H groups in total. The molecule has 0 saturated heterocycles. The zero-order valence-corrected chi connectivity index (χ0v) is 12.6. The fourth-order valence-electron chi connectivity index (χ4n) is 2.16. The molecular weight excluding hydrogens is 276 g/mol. The van der Waals surface area contributed by atoms with Gasteiger partial charge in [-0.3, -0.25) is 0 Å². The molecular formula is C13H18N4O2S. The summed E-state index contributed by atoms with van der Waals surface area (Å²) in [6.45, 7) is 6.83. The molecule has 6 nitrogen and oxygen atoms in total. The van der Waals surface area contributed by atoms with E-state index in [1.807, 2.05) is 6.07 Å². The highest BCUT2D eigenvalue weighted by Crippen LogP contribution is 2.20. The Morgan fingerprint density at radius 3 is 2.55 bits per heavy atom. The number of primary sulfonamides is 1. The van der Waals surface area contributed by atoms with Crippen LogP contribution >= 0.6 is 0 Å². The normalized spacial score (nSPS) is 12.1. The van der Waals surface area contributed by atoms with Crippen LogP contribution in [0.2, 0.25) is 0 Å². The Bertz CT molecular complexity index is 720. The predicted molar refractivity (Wildman–Crippen MR) is 75.8 cm³/mol. The summed E-state index contributed by atoms with van der Waals surface area (Å²) in [4.78, 5) is 0. The molecule has 0 aliphatic heterocycles. The molecule has 0 aliphatic rings. The van der Waals surface area contributed by atoms with Gasteiger partial charge in [0.25, 0.3) is 10.0 Å². The van der Waals surface area contributed by atoms with Crippen LogP contribution < -0.4 is 5.14 Å². The standard InChI is InChI=1S/C13H18N4O2S/c1-9(2)12-5-4-11(6-10(12)3)7-17-8-13(15-16-17)20(14,18)19/h4-6,8-9H,7H2,1-3H3,(H2,14,18,19). The molecule has 0 fully saturated rings. The van der Waals surface area contributed by atoms with Gasteiger partial charge in [-0.2, -0.15) is 0 Å². The number of benzene rings is 1.